The van der Waals surface area contributed by atoms with Crippen LogP contribution in [-0.4, -0.2) is 29.3 Å². The molecule has 27 heavy (non-hydrogen) atoms. The fraction of sp³-hybridized carbons (Fsp3) is 0.364. The van der Waals surface area contributed by atoms with Gasteiger partial charge in [-0.3, -0.25) is 9.59 Å². The quantitative estimate of drug-likeness (QED) is 0.792. The molecule has 0 spiro atoms. The van der Waals surface area contributed by atoms with Crippen molar-refractivity contribution >= 4 is 17.5 Å². The Morgan fingerprint density at radius 3 is 2.63 bits per heavy atom. The van der Waals surface area contributed by atoms with E-state index in [-0.39, 0.29) is 17.9 Å². The molecule has 1 fully saturated rings. The lowest BCUT2D eigenvalue weighted by Gasteiger charge is -2.18. The van der Waals surface area contributed by atoms with Crippen molar-refractivity contribution in [2.75, 3.05) is 11.9 Å². The maximum Gasteiger partial charge on any atom is 0.242 e. The van der Waals surface area contributed by atoms with Crippen LogP contribution in [-0.2, 0) is 22.7 Å². The van der Waals surface area contributed by atoms with E-state index < -0.39 is 0 Å². The van der Waals surface area contributed by atoms with E-state index in [1.807, 2.05) is 67.3 Å². The number of nitrogens with one attached hydrogen (secondary N) is 2. The lowest BCUT2D eigenvalue weighted by atomic mass is 10.1. The topological polar surface area (TPSA) is 61.4 Å². The van der Waals surface area contributed by atoms with Gasteiger partial charge in [0.25, 0.3) is 0 Å². The minimum Gasteiger partial charge on any atom is -0.374 e. The Kier molecular flexibility index (Phi) is 6.12. The molecular formula is C22H27N3O2. The standard InChI is InChI=1S/C22H27N3O2/c1-16-8-10-18(11-9-16)14-23-22(27)17(2)24-20-6-3-5-19(13-20)15-25-12-4-7-21(25)26/h3,5-6,8-11,13,17,24H,4,7,12,14-15H2,1-2H3,(H,23,27)/t17-/m1/s1. The van der Waals surface area contributed by atoms with Gasteiger partial charge in [0.15, 0.2) is 0 Å². The van der Waals surface area contributed by atoms with E-state index in [4.69, 9.17) is 0 Å². The van der Waals surface area contributed by atoms with Crippen molar-refractivity contribution in [3.8, 4) is 0 Å². The van der Waals surface area contributed by atoms with Crippen LogP contribution in [0, 0.1) is 6.92 Å². The second kappa shape index (κ2) is 8.71. The first kappa shape index (κ1) is 19.0. The van der Waals surface area contributed by atoms with E-state index in [0.717, 1.165) is 29.8 Å². The number of aryl methyl sites for hydroxylation is 1. The largest absolute Gasteiger partial charge is 0.374 e. The van der Waals surface area contributed by atoms with Crippen LogP contribution in [0.5, 0.6) is 0 Å². The van der Waals surface area contributed by atoms with Gasteiger partial charge in [0, 0.05) is 31.7 Å². The average Bonchev–Trinajstić information content (AvgIpc) is 3.06. The molecule has 2 aromatic rings. The third-order valence-corrected chi connectivity index (χ3v) is 4.84. The van der Waals surface area contributed by atoms with Gasteiger partial charge in [-0.25, -0.2) is 0 Å². The first-order chi connectivity index (χ1) is 13.0. The zero-order chi connectivity index (χ0) is 19.2. The SMILES string of the molecule is Cc1ccc(CNC(=O)[C@@H](C)Nc2cccc(CN3CCCC3=O)c2)cc1. The molecule has 0 bridgehead atoms. The predicted octanol–water partition coefficient (Wildman–Crippen LogP) is 3.23. The smallest absolute Gasteiger partial charge is 0.242 e. The molecule has 0 aliphatic carbocycles. The van der Waals surface area contributed by atoms with Gasteiger partial charge in [0.05, 0.1) is 0 Å². The van der Waals surface area contributed by atoms with Crippen LogP contribution >= 0.6 is 0 Å². The molecular weight excluding hydrogens is 338 g/mol. The molecule has 3 rings (SSSR count). The minimum atomic E-state index is -0.348. The van der Waals surface area contributed by atoms with Gasteiger partial charge in [-0.15, -0.1) is 0 Å². The average molecular weight is 365 g/mol. The van der Waals surface area contributed by atoms with Crippen molar-refractivity contribution in [1.29, 1.82) is 0 Å². The lowest BCUT2D eigenvalue weighted by Crippen LogP contribution is -2.37. The van der Waals surface area contributed by atoms with Crippen molar-refractivity contribution in [2.45, 2.75) is 45.8 Å². The number of carbonyl (C=O) groups is 2. The summed E-state index contributed by atoms with van der Waals surface area (Å²) in [5, 5.41) is 6.21. The van der Waals surface area contributed by atoms with Crippen LogP contribution in [0.3, 0.4) is 0 Å². The van der Waals surface area contributed by atoms with Gasteiger partial charge >= 0.3 is 0 Å². The van der Waals surface area contributed by atoms with Crippen molar-refractivity contribution in [2.24, 2.45) is 0 Å². The number of hydrogen-bond donors (Lipinski definition) is 2. The maximum absolute atomic E-state index is 12.4. The summed E-state index contributed by atoms with van der Waals surface area (Å²) in [7, 11) is 0. The Balaban J connectivity index is 1.52. The summed E-state index contributed by atoms with van der Waals surface area (Å²) >= 11 is 0. The first-order valence-corrected chi connectivity index (χ1v) is 9.48. The normalized spacial score (nSPS) is 14.9. The van der Waals surface area contributed by atoms with E-state index in [1.54, 1.807) is 0 Å². The zero-order valence-corrected chi connectivity index (χ0v) is 16.0. The number of amides is 2. The molecule has 5 heteroatoms. The van der Waals surface area contributed by atoms with E-state index in [2.05, 4.69) is 10.6 Å². The van der Waals surface area contributed by atoms with Gasteiger partial charge in [-0.2, -0.15) is 0 Å². The van der Waals surface area contributed by atoms with E-state index >= 15 is 0 Å². The number of likely N-dealkylation sites (tertiary alicyclic amines) is 1. The van der Waals surface area contributed by atoms with Crippen molar-refractivity contribution in [3.05, 3.63) is 65.2 Å². The van der Waals surface area contributed by atoms with Crippen LogP contribution in [0.1, 0.15) is 36.5 Å². The number of benzene rings is 2. The fourth-order valence-electron chi connectivity index (χ4n) is 3.21. The molecule has 0 saturated carbocycles. The summed E-state index contributed by atoms with van der Waals surface area (Å²) in [6, 6.07) is 15.7. The van der Waals surface area contributed by atoms with E-state index in [9.17, 15) is 9.59 Å². The van der Waals surface area contributed by atoms with Gasteiger partial charge in [-0.05, 0) is 43.5 Å². The van der Waals surface area contributed by atoms with Gasteiger partial charge < -0.3 is 15.5 Å². The molecule has 2 amide bonds. The molecule has 1 atom stereocenters. The second-order valence-corrected chi connectivity index (χ2v) is 7.19. The molecule has 1 aliphatic rings. The maximum atomic E-state index is 12.4. The van der Waals surface area contributed by atoms with Crippen molar-refractivity contribution in [1.82, 2.24) is 10.2 Å². The molecule has 0 aromatic heterocycles. The lowest BCUT2D eigenvalue weighted by molar-refractivity contribution is -0.128. The fourth-order valence-corrected chi connectivity index (χ4v) is 3.21. The Morgan fingerprint density at radius 1 is 1.15 bits per heavy atom. The van der Waals surface area contributed by atoms with Crippen molar-refractivity contribution in [3.63, 3.8) is 0 Å². The van der Waals surface area contributed by atoms with Crippen LogP contribution in [0.2, 0.25) is 0 Å². The molecule has 2 aromatic carbocycles. The van der Waals surface area contributed by atoms with Gasteiger partial charge in [0.1, 0.15) is 6.04 Å². The highest BCUT2D eigenvalue weighted by atomic mass is 16.2. The molecule has 1 aliphatic heterocycles. The minimum absolute atomic E-state index is 0.0456. The molecule has 0 unspecified atom stereocenters. The Bertz CT molecular complexity index is 801. The Morgan fingerprint density at radius 2 is 1.93 bits per heavy atom. The Labute approximate surface area is 160 Å². The number of anilines is 1. The number of carbonyl (C=O) groups excluding carboxylic acids is 2. The van der Waals surface area contributed by atoms with Crippen LogP contribution < -0.4 is 10.6 Å². The van der Waals surface area contributed by atoms with Crippen LogP contribution in [0.25, 0.3) is 0 Å². The van der Waals surface area contributed by atoms with Crippen LogP contribution in [0.4, 0.5) is 5.69 Å². The van der Waals surface area contributed by atoms with Crippen LogP contribution in [0.15, 0.2) is 48.5 Å². The van der Waals surface area contributed by atoms with Gasteiger partial charge in [-0.1, -0.05) is 42.0 Å². The third kappa shape index (κ3) is 5.33. The summed E-state index contributed by atoms with van der Waals surface area (Å²) in [4.78, 5) is 26.0. The predicted molar refractivity (Wildman–Crippen MR) is 107 cm³/mol. The van der Waals surface area contributed by atoms with Crippen molar-refractivity contribution < 1.29 is 9.59 Å². The number of rotatable bonds is 7. The summed E-state index contributed by atoms with van der Waals surface area (Å²) in [6.07, 6.45) is 1.59. The highest BCUT2D eigenvalue weighted by Crippen LogP contribution is 2.17. The second-order valence-electron chi connectivity index (χ2n) is 7.19. The molecule has 5 nitrogen and oxygen atoms in total. The first-order valence-electron chi connectivity index (χ1n) is 9.48. The highest BCUT2D eigenvalue weighted by Gasteiger charge is 2.20. The van der Waals surface area contributed by atoms with Gasteiger partial charge in [0.2, 0.25) is 11.8 Å². The molecule has 1 heterocycles. The monoisotopic (exact) mass is 365 g/mol. The molecule has 1 saturated heterocycles. The summed E-state index contributed by atoms with van der Waals surface area (Å²) in [6.45, 7) is 5.86. The summed E-state index contributed by atoms with van der Waals surface area (Å²) in [5.41, 5.74) is 4.24. The molecule has 0 radical (unpaired) electrons. The summed E-state index contributed by atoms with van der Waals surface area (Å²) < 4.78 is 0. The molecule has 2 N–H and O–H groups in total. The summed E-state index contributed by atoms with van der Waals surface area (Å²) in [5.74, 6) is 0.174. The Hall–Kier alpha value is -2.82. The number of hydrogen-bond acceptors (Lipinski definition) is 3. The third-order valence-electron chi connectivity index (χ3n) is 4.84. The molecule has 142 valence electrons. The highest BCUT2D eigenvalue weighted by molar-refractivity contribution is 5.84. The van der Waals surface area contributed by atoms with E-state index in [1.165, 1.54) is 5.56 Å². The number of nitrogens with zero attached hydrogens (tertiary/aromatic N) is 1. The zero-order valence-electron chi connectivity index (χ0n) is 16.0. The van der Waals surface area contributed by atoms with E-state index in [0.29, 0.717) is 19.5 Å².